The maximum absolute atomic E-state index is 14.3. The van der Waals surface area contributed by atoms with Gasteiger partial charge in [0.15, 0.2) is 5.82 Å². The topological polar surface area (TPSA) is 96.6 Å². The van der Waals surface area contributed by atoms with E-state index in [1.54, 1.807) is 24.0 Å². The molecule has 2 heterocycles. The average Bonchev–Trinajstić information content (AvgIpc) is 2.83. The highest BCUT2D eigenvalue weighted by atomic mass is 35.5. The number of pyridine rings is 1. The van der Waals surface area contributed by atoms with Crippen molar-refractivity contribution in [3.05, 3.63) is 36.4 Å². The lowest BCUT2D eigenvalue weighted by Gasteiger charge is -2.28. The summed E-state index contributed by atoms with van der Waals surface area (Å²) in [6, 6.07) is 4.15. The lowest BCUT2D eigenvalue weighted by Crippen LogP contribution is -2.45. The van der Waals surface area contributed by atoms with Crippen LogP contribution in [0, 0.1) is 5.82 Å². The van der Waals surface area contributed by atoms with Crippen LogP contribution in [0.4, 0.5) is 4.39 Å². The second kappa shape index (κ2) is 9.80. The van der Waals surface area contributed by atoms with Crippen molar-refractivity contribution in [2.45, 2.75) is 24.3 Å². The molecule has 1 fully saturated rings. The van der Waals surface area contributed by atoms with Gasteiger partial charge in [0, 0.05) is 42.6 Å². The maximum Gasteiger partial charge on any atom is 0.244 e. The number of benzene rings is 1. The molecule has 0 saturated carbocycles. The second-order valence-electron chi connectivity index (χ2n) is 6.34. The maximum atomic E-state index is 14.3. The Morgan fingerprint density at radius 2 is 2.00 bits per heavy atom. The van der Waals surface area contributed by atoms with Gasteiger partial charge >= 0.3 is 0 Å². The number of carbonyl (C=O) groups excluding carboxylic acids is 1. The third kappa shape index (κ3) is 4.55. The van der Waals surface area contributed by atoms with Crippen LogP contribution in [0.3, 0.4) is 0 Å². The Kier molecular flexibility index (Phi) is 8.58. The van der Waals surface area contributed by atoms with Gasteiger partial charge in [-0.3, -0.25) is 9.78 Å². The number of nitrogens with two attached hydrogens (primary N) is 1. The van der Waals surface area contributed by atoms with Crippen molar-refractivity contribution in [2.75, 3.05) is 26.2 Å². The summed E-state index contributed by atoms with van der Waals surface area (Å²) in [5.74, 6) is -0.887. The summed E-state index contributed by atoms with van der Waals surface area (Å²) in [5, 5.41) is 0.460. The summed E-state index contributed by atoms with van der Waals surface area (Å²) >= 11 is 0. The van der Waals surface area contributed by atoms with E-state index in [-0.39, 0.29) is 60.6 Å². The number of halogens is 3. The summed E-state index contributed by atoms with van der Waals surface area (Å²) in [6.45, 7) is 2.58. The molecule has 2 aromatic rings. The van der Waals surface area contributed by atoms with Crippen LogP contribution in [0.5, 0.6) is 0 Å². The molecule has 11 heteroatoms. The van der Waals surface area contributed by atoms with Crippen LogP contribution in [-0.2, 0) is 14.8 Å². The third-order valence-corrected chi connectivity index (χ3v) is 6.65. The first kappa shape index (κ1) is 24.5. The van der Waals surface area contributed by atoms with Crippen molar-refractivity contribution in [2.24, 2.45) is 5.73 Å². The van der Waals surface area contributed by atoms with Crippen LogP contribution in [-0.4, -0.2) is 60.7 Å². The Morgan fingerprint density at radius 1 is 1.29 bits per heavy atom. The fourth-order valence-electron chi connectivity index (χ4n) is 3.35. The molecule has 156 valence electrons. The van der Waals surface area contributed by atoms with Crippen molar-refractivity contribution in [3.63, 3.8) is 0 Å². The Hall–Kier alpha value is -1.52. The van der Waals surface area contributed by atoms with Crippen LogP contribution in [0.2, 0.25) is 0 Å². The molecule has 1 saturated heterocycles. The van der Waals surface area contributed by atoms with E-state index in [2.05, 4.69) is 4.98 Å². The highest BCUT2D eigenvalue weighted by molar-refractivity contribution is 7.89. The molecule has 1 amide bonds. The van der Waals surface area contributed by atoms with E-state index in [1.165, 1.54) is 16.6 Å². The standard InChI is InChI=1S/C17H21FN4O3S.2ClH/c1-12-11-21(16(23)8-19)6-3-7-22(12)26(24,25)15-5-2-4-13-9-20-10-14(18)17(13)15;;/h2,4-5,9-10,12H,3,6-8,11,19H2,1H3;2*1H. The number of rotatable bonds is 3. The Bertz CT molecular complexity index is 940. The van der Waals surface area contributed by atoms with Crippen LogP contribution < -0.4 is 5.73 Å². The normalized spacial score (nSPS) is 18.1. The number of amides is 1. The molecule has 1 aliphatic heterocycles. The molecule has 3 rings (SSSR count). The molecular weight excluding hydrogens is 430 g/mol. The molecule has 28 heavy (non-hydrogen) atoms. The zero-order valence-corrected chi connectivity index (χ0v) is 17.7. The Balaban J connectivity index is 0.00000196. The number of carbonyl (C=O) groups is 1. The van der Waals surface area contributed by atoms with E-state index < -0.39 is 21.9 Å². The lowest BCUT2D eigenvalue weighted by atomic mass is 10.2. The van der Waals surface area contributed by atoms with Crippen LogP contribution in [0.1, 0.15) is 13.3 Å². The van der Waals surface area contributed by atoms with Crippen molar-refractivity contribution >= 4 is 51.5 Å². The molecule has 0 bridgehead atoms. The quantitative estimate of drug-likeness (QED) is 0.765. The molecule has 0 spiro atoms. The summed E-state index contributed by atoms with van der Waals surface area (Å²) in [7, 11) is -3.94. The van der Waals surface area contributed by atoms with E-state index in [1.807, 2.05) is 0 Å². The summed E-state index contributed by atoms with van der Waals surface area (Å²) in [6.07, 6.45) is 2.93. The van der Waals surface area contributed by atoms with Gasteiger partial charge in [0.25, 0.3) is 0 Å². The van der Waals surface area contributed by atoms with Gasteiger partial charge in [0.1, 0.15) is 0 Å². The van der Waals surface area contributed by atoms with Gasteiger partial charge in [-0.25, -0.2) is 12.8 Å². The van der Waals surface area contributed by atoms with Crippen molar-refractivity contribution < 1.29 is 17.6 Å². The molecule has 2 N–H and O–H groups in total. The van der Waals surface area contributed by atoms with Crippen molar-refractivity contribution in [3.8, 4) is 0 Å². The van der Waals surface area contributed by atoms with Crippen LogP contribution >= 0.6 is 24.8 Å². The zero-order valence-electron chi connectivity index (χ0n) is 15.2. The van der Waals surface area contributed by atoms with Gasteiger partial charge in [-0.15, -0.1) is 24.8 Å². The van der Waals surface area contributed by atoms with E-state index in [0.29, 0.717) is 18.4 Å². The minimum absolute atomic E-state index is 0. The highest BCUT2D eigenvalue weighted by Crippen LogP contribution is 2.29. The molecule has 1 aliphatic rings. The molecule has 0 aliphatic carbocycles. The van der Waals surface area contributed by atoms with Gasteiger partial charge < -0.3 is 10.6 Å². The first-order valence-electron chi connectivity index (χ1n) is 8.38. The number of nitrogens with zero attached hydrogens (tertiary/aromatic N) is 3. The molecule has 1 aromatic heterocycles. The Labute approximate surface area is 175 Å². The van der Waals surface area contributed by atoms with Gasteiger partial charge in [-0.1, -0.05) is 12.1 Å². The minimum atomic E-state index is -3.94. The average molecular weight is 453 g/mol. The monoisotopic (exact) mass is 452 g/mol. The lowest BCUT2D eigenvalue weighted by molar-refractivity contribution is -0.129. The van der Waals surface area contributed by atoms with Gasteiger partial charge in [0.2, 0.25) is 15.9 Å². The van der Waals surface area contributed by atoms with E-state index in [9.17, 15) is 17.6 Å². The van der Waals surface area contributed by atoms with Gasteiger partial charge in [0.05, 0.1) is 17.6 Å². The first-order valence-corrected chi connectivity index (χ1v) is 9.82. The van der Waals surface area contributed by atoms with Crippen molar-refractivity contribution in [1.82, 2.24) is 14.2 Å². The second-order valence-corrected chi connectivity index (χ2v) is 8.20. The molecule has 7 nitrogen and oxygen atoms in total. The predicted molar refractivity (Wildman–Crippen MR) is 110 cm³/mol. The number of hydrogen-bond acceptors (Lipinski definition) is 5. The van der Waals surface area contributed by atoms with Crippen molar-refractivity contribution in [1.29, 1.82) is 0 Å². The third-order valence-electron chi connectivity index (χ3n) is 4.60. The number of sulfonamides is 1. The highest BCUT2D eigenvalue weighted by Gasteiger charge is 2.34. The summed E-state index contributed by atoms with van der Waals surface area (Å²) in [4.78, 5) is 17.2. The number of aromatic nitrogens is 1. The Morgan fingerprint density at radius 3 is 2.68 bits per heavy atom. The zero-order chi connectivity index (χ0) is 18.9. The van der Waals surface area contributed by atoms with E-state index in [4.69, 9.17) is 5.73 Å². The van der Waals surface area contributed by atoms with Gasteiger partial charge in [-0.05, 0) is 19.4 Å². The number of hydrogen-bond donors (Lipinski definition) is 1. The molecular formula is C17H23Cl2FN4O3S. The van der Waals surface area contributed by atoms with Crippen LogP contribution in [0.15, 0.2) is 35.5 Å². The largest absolute Gasteiger partial charge is 0.340 e. The number of fused-ring (bicyclic) bond motifs is 1. The molecule has 1 unspecified atom stereocenters. The molecule has 0 radical (unpaired) electrons. The van der Waals surface area contributed by atoms with E-state index >= 15 is 0 Å². The SMILES string of the molecule is CC1CN(C(=O)CN)CCCN1S(=O)(=O)c1cccc2cncc(F)c12.Cl.Cl. The van der Waals surface area contributed by atoms with Gasteiger partial charge in [-0.2, -0.15) is 4.31 Å². The first-order chi connectivity index (χ1) is 12.4. The fraction of sp³-hybridized carbons (Fsp3) is 0.412. The minimum Gasteiger partial charge on any atom is -0.340 e. The summed E-state index contributed by atoms with van der Waals surface area (Å²) < 4.78 is 42.2. The summed E-state index contributed by atoms with van der Waals surface area (Å²) in [5.41, 5.74) is 5.42. The molecule has 1 atom stereocenters. The predicted octanol–water partition coefficient (Wildman–Crippen LogP) is 1.79. The fourth-order valence-corrected chi connectivity index (χ4v) is 5.24. The smallest absolute Gasteiger partial charge is 0.244 e. The van der Waals surface area contributed by atoms with E-state index in [0.717, 1.165) is 6.20 Å². The molecule has 1 aromatic carbocycles. The van der Waals surface area contributed by atoms with Crippen LogP contribution in [0.25, 0.3) is 10.8 Å².